The Morgan fingerprint density at radius 2 is 1.83 bits per heavy atom. The van der Waals surface area contributed by atoms with E-state index in [-0.39, 0.29) is 11.8 Å². The minimum absolute atomic E-state index is 0.208. The van der Waals surface area contributed by atoms with Crippen LogP contribution in [0.15, 0.2) is 22.7 Å². The number of amides is 2. The second-order valence-electron chi connectivity index (χ2n) is 8.59. The zero-order valence-corrected chi connectivity index (χ0v) is 16.7. The molecule has 3 aliphatic rings. The Balaban J connectivity index is 1.34. The molecule has 0 radical (unpaired) electrons. The first-order valence-electron chi connectivity index (χ1n) is 10.9. The summed E-state index contributed by atoms with van der Waals surface area (Å²) in [5, 5.41) is 11.1. The molecule has 2 N–H and O–H groups in total. The number of carbonyl (C=O) groups is 2. The van der Waals surface area contributed by atoms with Crippen LogP contribution in [0.3, 0.4) is 0 Å². The largest absolute Gasteiger partial charge is 0.356 e. The minimum atomic E-state index is -0.411. The summed E-state index contributed by atoms with van der Waals surface area (Å²) in [4.78, 5) is 26.4. The highest BCUT2D eigenvalue weighted by molar-refractivity contribution is 6.02. The fourth-order valence-electron chi connectivity index (χ4n) is 5.28. The lowest BCUT2D eigenvalue weighted by molar-refractivity contribution is -0.134. The second-order valence-corrected chi connectivity index (χ2v) is 8.59. The molecule has 1 atom stereocenters. The smallest absolute Gasteiger partial charge is 0.235 e. The monoisotopic (exact) mass is 396 g/mol. The van der Waals surface area contributed by atoms with Crippen molar-refractivity contribution >= 4 is 22.8 Å². The van der Waals surface area contributed by atoms with Gasteiger partial charge >= 0.3 is 0 Å². The van der Waals surface area contributed by atoms with E-state index in [0.29, 0.717) is 24.5 Å². The molecule has 7 nitrogen and oxygen atoms in total. The van der Waals surface area contributed by atoms with Gasteiger partial charge in [-0.05, 0) is 70.3 Å². The molecule has 1 unspecified atom stereocenters. The Kier molecular flexibility index (Phi) is 5.09. The average molecular weight is 396 g/mol. The van der Waals surface area contributed by atoms with Crippen LogP contribution in [0.25, 0.3) is 11.0 Å². The Labute approximate surface area is 170 Å². The van der Waals surface area contributed by atoms with E-state index in [0.717, 1.165) is 56.0 Å². The van der Waals surface area contributed by atoms with Gasteiger partial charge in [0, 0.05) is 23.4 Å². The van der Waals surface area contributed by atoms with Gasteiger partial charge in [0.1, 0.15) is 5.69 Å². The first-order valence-corrected chi connectivity index (χ1v) is 10.9. The Bertz CT molecular complexity index is 910. The summed E-state index contributed by atoms with van der Waals surface area (Å²) in [6, 6.07) is 6.89. The summed E-state index contributed by atoms with van der Waals surface area (Å²) in [6.07, 6.45) is 5.58. The van der Waals surface area contributed by atoms with E-state index in [9.17, 15) is 9.59 Å². The van der Waals surface area contributed by atoms with Crippen molar-refractivity contribution in [2.45, 2.75) is 56.4 Å². The molecule has 1 aromatic heterocycles. The van der Waals surface area contributed by atoms with Crippen molar-refractivity contribution in [1.82, 2.24) is 20.7 Å². The van der Waals surface area contributed by atoms with E-state index >= 15 is 0 Å². The summed E-state index contributed by atoms with van der Waals surface area (Å²) >= 11 is 0. The third-order valence-electron chi connectivity index (χ3n) is 6.92. The molecule has 3 saturated heterocycles. The molecule has 5 rings (SSSR count). The van der Waals surface area contributed by atoms with E-state index in [1.807, 2.05) is 12.1 Å². The maximum absolute atomic E-state index is 12.3. The van der Waals surface area contributed by atoms with Crippen molar-refractivity contribution in [1.29, 1.82) is 0 Å². The predicted octanol–water partition coefficient (Wildman–Crippen LogP) is 2.28. The van der Waals surface area contributed by atoms with Gasteiger partial charge in [-0.15, -0.1) is 0 Å². The molecule has 2 aromatic rings. The van der Waals surface area contributed by atoms with E-state index in [1.165, 1.54) is 18.4 Å². The van der Waals surface area contributed by atoms with Gasteiger partial charge in [-0.25, -0.2) is 0 Å². The molecule has 3 aliphatic heterocycles. The molecule has 1 aromatic carbocycles. The van der Waals surface area contributed by atoms with Gasteiger partial charge in [-0.3, -0.25) is 14.9 Å². The summed E-state index contributed by atoms with van der Waals surface area (Å²) in [5.74, 6) is -0.428. The van der Waals surface area contributed by atoms with Crippen LogP contribution >= 0.6 is 0 Å². The van der Waals surface area contributed by atoms with Gasteiger partial charge in [-0.2, -0.15) is 0 Å². The molecular weight excluding hydrogens is 368 g/mol. The number of hydrogen-bond donors (Lipinski definition) is 2. The number of hydrogen-bond acceptors (Lipinski definition) is 6. The number of rotatable bonds is 3. The maximum atomic E-state index is 12.3. The standard InChI is InChI=1S/C22H28N4O3/c27-19-5-4-18(22(28)24-19)20-17-3-1-2-16(21(17)29-25-20)14-8-12-26(13-9-14)15-6-10-23-11-7-15/h1-3,14-15,18,23H,4-13H2,(H,24,27,28). The average Bonchev–Trinajstić information content (AvgIpc) is 3.19. The summed E-state index contributed by atoms with van der Waals surface area (Å²) in [6.45, 7) is 4.51. The molecule has 0 saturated carbocycles. The summed E-state index contributed by atoms with van der Waals surface area (Å²) in [5.41, 5.74) is 2.69. The SMILES string of the molecule is O=C1CCC(c2noc3c(C4CCN(C5CCNCC5)CC4)cccc23)C(=O)N1. The van der Waals surface area contributed by atoms with E-state index in [4.69, 9.17) is 4.52 Å². The fraction of sp³-hybridized carbons (Fsp3) is 0.591. The van der Waals surface area contributed by atoms with Gasteiger partial charge in [0.15, 0.2) is 5.58 Å². The Hall–Kier alpha value is -2.25. The van der Waals surface area contributed by atoms with Crippen molar-refractivity contribution in [3.8, 4) is 0 Å². The molecule has 154 valence electrons. The van der Waals surface area contributed by atoms with Crippen LogP contribution < -0.4 is 10.6 Å². The van der Waals surface area contributed by atoms with Gasteiger partial charge in [-0.1, -0.05) is 17.3 Å². The first kappa shape index (κ1) is 18.8. The number of nitrogens with zero attached hydrogens (tertiary/aromatic N) is 2. The lowest BCUT2D eigenvalue weighted by Gasteiger charge is -2.39. The van der Waals surface area contributed by atoms with Crippen LogP contribution in [0, 0.1) is 0 Å². The lowest BCUT2D eigenvalue weighted by atomic mass is 9.86. The molecule has 2 amide bonds. The number of para-hydroxylation sites is 1. The summed E-state index contributed by atoms with van der Waals surface area (Å²) in [7, 11) is 0. The molecule has 4 heterocycles. The van der Waals surface area contributed by atoms with Gasteiger partial charge in [0.25, 0.3) is 0 Å². The highest BCUT2D eigenvalue weighted by atomic mass is 16.5. The van der Waals surface area contributed by atoms with Gasteiger partial charge in [0.2, 0.25) is 11.8 Å². The number of piperidine rings is 3. The van der Waals surface area contributed by atoms with E-state index in [1.54, 1.807) is 0 Å². The van der Waals surface area contributed by atoms with Crippen molar-refractivity contribution in [2.75, 3.05) is 26.2 Å². The second kappa shape index (κ2) is 7.88. The van der Waals surface area contributed by atoms with Crippen LogP contribution in [0.2, 0.25) is 0 Å². The highest BCUT2D eigenvalue weighted by Gasteiger charge is 2.33. The van der Waals surface area contributed by atoms with E-state index in [2.05, 4.69) is 26.8 Å². The normalized spacial score (nSPS) is 25.4. The zero-order chi connectivity index (χ0) is 19.8. The van der Waals surface area contributed by atoms with Crippen LogP contribution in [0.5, 0.6) is 0 Å². The molecular formula is C22H28N4O3. The number of likely N-dealkylation sites (tertiary alicyclic amines) is 1. The topological polar surface area (TPSA) is 87.5 Å². The number of benzene rings is 1. The maximum Gasteiger partial charge on any atom is 0.235 e. The fourth-order valence-corrected chi connectivity index (χ4v) is 5.28. The molecule has 0 aliphatic carbocycles. The van der Waals surface area contributed by atoms with E-state index < -0.39 is 5.92 Å². The number of carbonyl (C=O) groups excluding carboxylic acids is 2. The van der Waals surface area contributed by atoms with Crippen molar-refractivity contribution in [3.63, 3.8) is 0 Å². The quantitative estimate of drug-likeness (QED) is 0.774. The third kappa shape index (κ3) is 3.57. The number of fused-ring (bicyclic) bond motifs is 1. The van der Waals surface area contributed by atoms with Crippen molar-refractivity contribution in [3.05, 3.63) is 29.5 Å². The lowest BCUT2D eigenvalue weighted by Crippen LogP contribution is -2.46. The molecule has 0 bridgehead atoms. The minimum Gasteiger partial charge on any atom is -0.356 e. The number of nitrogens with one attached hydrogen (secondary N) is 2. The van der Waals surface area contributed by atoms with Crippen molar-refractivity contribution in [2.24, 2.45) is 0 Å². The zero-order valence-electron chi connectivity index (χ0n) is 16.7. The van der Waals surface area contributed by atoms with Gasteiger partial charge in [0.05, 0.1) is 5.92 Å². The van der Waals surface area contributed by atoms with Crippen LogP contribution in [0.4, 0.5) is 0 Å². The Morgan fingerprint density at radius 3 is 2.59 bits per heavy atom. The van der Waals surface area contributed by atoms with Crippen LogP contribution in [-0.2, 0) is 9.59 Å². The Morgan fingerprint density at radius 1 is 1.03 bits per heavy atom. The molecule has 0 spiro atoms. The van der Waals surface area contributed by atoms with Gasteiger partial charge < -0.3 is 14.7 Å². The van der Waals surface area contributed by atoms with Crippen LogP contribution in [-0.4, -0.2) is 54.1 Å². The predicted molar refractivity (Wildman–Crippen MR) is 109 cm³/mol. The number of aromatic nitrogens is 1. The van der Waals surface area contributed by atoms with Crippen molar-refractivity contribution < 1.29 is 14.1 Å². The first-order chi connectivity index (χ1) is 14.2. The molecule has 3 fully saturated rings. The molecule has 29 heavy (non-hydrogen) atoms. The van der Waals surface area contributed by atoms with Crippen LogP contribution in [0.1, 0.15) is 61.6 Å². The molecule has 7 heteroatoms. The highest BCUT2D eigenvalue weighted by Crippen LogP contribution is 2.37. The third-order valence-corrected chi connectivity index (χ3v) is 6.92. The number of imide groups is 1. The summed E-state index contributed by atoms with van der Waals surface area (Å²) < 4.78 is 5.77.